The molecule has 0 saturated carbocycles. The van der Waals surface area contributed by atoms with Crippen LogP contribution in [0.5, 0.6) is 0 Å². The number of hydrogen-bond acceptors (Lipinski definition) is 3. The summed E-state index contributed by atoms with van der Waals surface area (Å²) in [6.45, 7) is 2.35. The fraction of sp³-hybridized carbons (Fsp3) is 0.667. The minimum absolute atomic E-state index is 0.00926. The van der Waals surface area contributed by atoms with Gasteiger partial charge in [0.2, 0.25) is 0 Å². The van der Waals surface area contributed by atoms with Gasteiger partial charge in [-0.2, -0.15) is 0 Å². The molecule has 2 amide bonds. The monoisotopic (exact) mass is 158 g/mol. The molecule has 11 heavy (non-hydrogen) atoms. The molecule has 0 aromatic heterocycles. The molecule has 1 saturated heterocycles. The summed E-state index contributed by atoms with van der Waals surface area (Å²) < 4.78 is 4.56. The van der Waals surface area contributed by atoms with Gasteiger partial charge in [-0.3, -0.25) is 4.79 Å². The number of ether oxygens (including phenoxy) is 1. The van der Waals surface area contributed by atoms with Crippen molar-refractivity contribution in [2.24, 2.45) is 11.7 Å². The third kappa shape index (κ3) is 1.60. The Morgan fingerprint density at radius 3 is 2.82 bits per heavy atom. The summed E-state index contributed by atoms with van der Waals surface area (Å²) in [5.41, 5.74) is 4.76. The summed E-state index contributed by atoms with van der Waals surface area (Å²) in [4.78, 5) is 21.1. The largest absolute Gasteiger partial charge is 0.436 e. The zero-order chi connectivity index (χ0) is 8.43. The van der Waals surface area contributed by atoms with Crippen molar-refractivity contribution < 1.29 is 14.3 Å². The van der Waals surface area contributed by atoms with Gasteiger partial charge in [-0.25, -0.2) is 4.79 Å². The number of carbonyl (C=O) groups excluding carboxylic acids is 2. The molecule has 5 nitrogen and oxygen atoms in total. The van der Waals surface area contributed by atoms with E-state index in [0.29, 0.717) is 6.54 Å². The first-order valence-electron chi connectivity index (χ1n) is 3.35. The van der Waals surface area contributed by atoms with E-state index >= 15 is 0 Å². The van der Waals surface area contributed by atoms with Crippen LogP contribution in [0.25, 0.3) is 0 Å². The Hall–Kier alpha value is -1.26. The Balaban J connectivity index is 2.54. The maximum Gasteiger partial charge on any atom is 0.405 e. The maximum atomic E-state index is 10.9. The van der Waals surface area contributed by atoms with Crippen molar-refractivity contribution >= 4 is 12.0 Å². The van der Waals surface area contributed by atoms with Crippen LogP contribution in [0.1, 0.15) is 6.92 Å². The Morgan fingerprint density at radius 1 is 1.82 bits per heavy atom. The first-order valence-corrected chi connectivity index (χ1v) is 3.35. The van der Waals surface area contributed by atoms with Gasteiger partial charge in [0.1, 0.15) is 0 Å². The molecule has 1 rings (SSSR count). The van der Waals surface area contributed by atoms with E-state index in [0.717, 1.165) is 0 Å². The van der Waals surface area contributed by atoms with Crippen LogP contribution in [0, 0.1) is 5.92 Å². The van der Waals surface area contributed by atoms with E-state index in [9.17, 15) is 9.59 Å². The molecule has 1 fully saturated rings. The summed E-state index contributed by atoms with van der Waals surface area (Å²) >= 11 is 0. The minimum Gasteiger partial charge on any atom is -0.436 e. The molecule has 0 radical (unpaired) electrons. The second-order valence-electron chi connectivity index (χ2n) is 2.58. The zero-order valence-electron chi connectivity index (χ0n) is 6.16. The van der Waals surface area contributed by atoms with E-state index in [1.54, 1.807) is 0 Å². The summed E-state index contributed by atoms with van der Waals surface area (Å²) in [6, 6.07) is 0. The maximum absolute atomic E-state index is 10.9. The van der Waals surface area contributed by atoms with Crippen LogP contribution < -0.4 is 11.1 Å². The molecule has 1 heterocycles. The third-order valence-electron chi connectivity index (χ3n) is 1.62. The molecular formula is C6H10N2O3. The molecule has 3 N–H and O–H groups in total. The standard InChI is InChI=1S/C6H10N2O3/c1-3-2-8-5(9)4(3)11-6(7)10/h3-4H,2H2,1H3,(H2,7,10)(H,8,9). The summed E-state index contributed by atoms with van der Waals surface area (Å²) in [5, 5.41) is 2.55. The van der Waals surface area contributed by atoms with Crippen LogP contribution in [-0.4, -0.2) is 24.6 Å². The Labute approximate surface area is 63.9 Å². The lowest BCUT2D eigenvalue weighted by Crippen LogP contribution is -2.32. The predicted molar refractivity (Wildman–Crippen MR) is 36.6 cm³/mol. The van der Waals surface area contributed by atoms with Gasteiger partial charge in [0.15, 0.2) is 6.10 Å². The van der Waals surface area contributed by atoms with Crippen molar-refractivity contribution in [3.05, 3.63) is 0 Å². The molecule has 0 aromatic carbocycles. The number of nitrogens with two attached hydrogens (primary N) is 1. The fourth-order valence-electron chi connectivity index (χ4n) is 1.02. The number of primary amides is 1. The smallest absolute Gasteiger partial charge is 0.405 e. The van der Waals surface area contributed by atoms with Crippen LogP contribution in [0.3, 0.4) is 0 Å². The van der Waals surface area contributed by atoms with E-state index < -0.39 is 12.2 Å². The second-order valence-corrected chi connectivity index (χ2v) is 2.58. The molecule has 0 spiro atoms. The molecule has 1 aliphatic heterocycles. The Kier molecular flexibility index (Phi) is 1.98. The van der Waals surface area contributed by atoms with Crippen molar-refractivity contribution in [3.63, 3.8) is 0 Å². The highest BCUT2D eigenvalue weighted by Gasteiger charge is 2.34. The molecule has 2 unspecified atom stereocenters. The van der Waals surface area contributed by atoms with Crippen LogP contribution >= 0.6 is 0 Å². The quantitative estimate of drug-likeness (QED) is 0.525. The average Bonchev–Trinajstić information content (AvgIpc) is 2.18. The molecule has 0 aromatic rings. The van der Waals surface area contributed by atoms with Gasteiger partial charge in [0, 0.05) is 12.5 Å². The highest BCUT2D eigenvalue weighted by molar-refractivity contribution is 5.85. The lowest BCUT2D eigenvalue weighted by Gasteiger charge is -2.10. The summed E-state index contributed by atoms with van der Waals surface area (Å²) in [6.07, 6.45) is -1.61. The number of amides is 2. The molecule has 2 atom stereocenters. The van der Waals surface area contributed by atoms with Crippen LogP contribution in [0.2, 0.25) is 0 Å². The van der Waals surface area contributed by atoms with Gasteiger partial charge in [0.25, 0.3) is 5.91 Å². The summed E-state index contributed by atoms with van der Waals surface area (Å²) in [5.74, 6) is -0.258. The van der Waals surface area contributed by atoms with Gasteiger partial charge in [-0.05, 0) is 0 Å². The van der Waals surface area contributed by atoms with Gasteiger partial charge in [-0.1, -0.05) is 6.92 Å². The van der Waals surface area contributed by atoms with Crippen LogP contribution in [0.15, 0.2) is 0 Å². The molecule has 0 aliphatic carbocycles. The molecule has 5 heteroatoms. The lowest BCUT2D eigenvalue weighted by atomic mass is 10.1. The van der Waals surface area contributed by atoms with Crippen molar-refractivity contribution in [2.75, 3.05) is 6.54 Å². The van der Waals surface area contributed by atoms with Crippen LogP contribution in [-0.2, 0) is 9.53 Å². The number of carbonyl (C=O) groups is 2. The second kappa shape index (κ2) is 2.77. The SMILES string of the molecule is CC1CNC(=O)C1OC(N)=O. The predicted octanol–water partition coefficient (Wildman–Crippen LogP) is -0.784. The number of rotatable bonds is 1. The molecule has 0 bridgehead atoms. The van der Waals surface area contributed by atoms with E-state index in [1.165, 1.54) is 0 Å². The molecule has 62 valence electrons. The zero-order valence-corrected chi connectivity index (χ0v) is 6.16. The van der Waals surface area contributed by atoms with Gasteiger partial charge in [0.05, 0.1) is 0 Å². The van der Waals surface area contributed by atoms with Gasteiger partial charge in [-0.15, -0.1) is 0 Å². The van der Waals surface area contributed by atoms with E-state index in [-0.39, 0.29) is 11.8 Å². The highest BCUT2D eigenvalue weighted by Crippen LogP contribution is 2.12. The van der Waals surface area contributed by atoms with Crippen molar-refractivity contribution in [1.29, 1.82) is 0 Å². The fourth-order valence-corrected chi connectivity index (χ4v) is 1.02. The van der Waals surface area contributed by atoms with E-state index in [4.69, 9.17) is 5.73 Å². The highest BCUT2D eigenvalue weighted by atomic mass is 16.6. The van der Waals surface area contributed by atoms with E-state index in [1.807, 2.05) is 6.92 Å². The Bertz CT molecular complexity index is 192. The van der Waals surface area contributed by atoms with Crippen molar-refractivity contribution in [2.45, 2.75) is 13.0 Å². The van der Waals surface area contributed by atoms with E-state index in [2.05, 4.69) is 10.1 Å². The van der Waals surface area contributed by atoms with Crippen LogP contribution in [0.4, 0.5) is 4.79 Å². The van der Waals surface area contributed by atoms with Gasteiger partial charge >= 0.3 is 6.09 Å². The summed E-state index contributed by atoms with van der Waals surface area (Å²) in [7, 11) is 0. The topological polar surface area (TPSA) is 81.4 Å². The van der Waals surface area contributed by atoms with Gasteiger partial charge < -0.3 is 15.8 Å². The normalized spacial score (nSPS) is 29.7. The average molecular weight is 158 g/mol. The minimum atomic E-state index is -0.904. The lowest BCUT2D eigenvalue weighted by molar-refractivity contribution is -0.127. The number of nitrogens with one attached hydrogen (secondary N) is 1. The first-order chi connectivity index (χ1) is 5.11. The molecule has 1 aliphatic rings. The molecular weight excluding hydrogens is 148 g/mol. The first kappa shape index (κ1) is 7.84. The van der Waals surface area contributed by atoms with Crippen molar-refractivity contribution in [3.8, 4) is 0 Å². The number of hydrogen-bond donors (Lipinski definition) is 2. The van der Waals surface area contributed by atoms with Crippen molar-refractivity contribution in [1.82, 2.24) is 5.32 Å². The Morgan fingerprint density at radius 2 is 2.45 bits per heavy atom. The third-order valence-corrected chi connectivity index (χ3v) is 1.62.